The predicted octanol–water partition coefficient (Wildman–Crippen LogP) is 5.84. The Kier molecular flexibility index (Phi) is 6.04. The van der Waals surface area contributed by atoms with Gasteiger partial charge in [-0.15, -0.1) is 5.92 Å². The molecule has 0 saturated heterocycles. The Morgan fingerprint density at radius 1 is 1.09 bits per heavy atom. The number of carbonyl (C=O) groups is 2. The van der Waals surface area contributed by atoms with E-state index in [-0.39, 0.29) is 11.3 Å². The van der Waals surface area contributed by atoms with Gasteiger partial charge >= 0.3 is 0 Å². The molecular formula is C31H39N2O2+. The Labute approximate surface area is 210 Å². The summed E-state index contributed by atoms with van der Waals surface area (Å²) in [6.07, 6.45) is 9.29. The topological polar surface area (TPSA) is 46.2 Å². The highest BCUT2D eigenvalue weighted by molar-refractivity contribution is 5.93. The third-order valence-corrected chi connectivity index (χ3v) is 9.43. The third kappa shape index (κ3) is 4.08. The van der Waals surface area contributed by atoms with Gasteiger partial charge in [-0.25, -0.2) is 0 Å². The number of hydrogen-bond donors (Lipinski definition) is 1. The lowest BCUT2D eigenvalue weighted by Crippen LogP contribution is -2.55. The Morgan fingerprint density at radius 2 is 1.83 bits per heavy atom. The zero-order valence-corrected chi connectivity index (χ0v) is 21.9. The molecule has 0 unspecified atom stereocenters. The second kappa shape index (κ2) is 8.79. The minimum atomic E-state index is -0.0437. The van der Waals surface area contributed by atoms with Crippen LogP contribution in [0.5, 0.6) is 0 Å². The van der Waals surface area contributed by atoms with E-state index in [0.29, 0.717) is 40.5 Å². The summed E-state index contributed by atoms with van der Waals surface area (Å²) in [5.74, 6) is 9.18. The molecule has 0 radical (unpaired) electrons. The number of fused-ring (bicyclic) bond motifs is 4. The molecule has 0 heterocycles. The summed E-state index contributed by atoms with van der Waals surface area (Å²) >= 11 is 0. The maximum absolute atomic E-state index is 12.2. The number of carbonyl (C=O) groups excluding carboxylic acids is 2. The van der Waals surface area contributed by atoms with Crippen molar-refractivity contribution in [3.8, 4) is 11.8 Å². The van der Waals surface area contributed by atoms with Crippen LogP contribution in [0.3, 0.4) is 0 Å². The molecule has 1 aromatic carbocycles. The molecule has 0 bridgehead atoms. The van der Waals surface area contributed by atoms with E-state index in [0.717, 1.165) is 31.4 Å². The molecule has 4 aliphatic rings. The van der Waals surface area contributed by atoms with Crippen LogP contribution in [0.25, 0.3) is 0 Å². The van der Waals surface area contributed by atoms with Gasteiger partial charge in [-0.2, -0.15) is 10.0 Å². The summed E-state index contributed by atoms with van der Waals surface area (Å²) in [5, 5.41) is 0. The zero-order chi connectivity index (χ0) is 25.0. The van der Waals surface area contributed by atoms with Gasteiger partial charge in [0.25, 0.3) is 5.91 Å². The summed E-state index contributed by atoms with van der Waals surface area (Å²) in [6.45, 7) is 6.05. The molecule has 0 aromatic heterocycles. The van der Waals surface area contributed by atoms with E-state index in [1.165, 1.54) is 29.6 Å². The lowest BCUT2D eigenvalue weighted by atomic mass is 9.52. The summed E-state index contributed by atoms with van der Waals surface area (Å²) in [6, 6.07) is 8.89. The van der Waals surface area contributed by atoms with Crippen molar-refractivity contribution in [1.29, 1.82) is 0 Å². The van der Waals surface area contributed by atoms with Crippen LogP contribution in [0, 0.1) is 35.0 Å². The summed E-state index contributed by atoms with van der Waals surface area (Å²) in [7, 11) is 3.99. The standard InChI is InChI=1S/C31H38N2O2/c1-6-7-23-11-17-29-27-15-10-22-18-25(35)14-16-26(22)30(27)28(19-31(23,29)3)21-8-12-24(13-9-21)33(4,5)32-20(2)34/h8-9,12-13,18,23,27-29H,10-11,14-17,19H2,1-5H3/p+1/t23-,27-,28+,29-,31+/m0/s1. The van der Waals surface area contributed by atoms with Gasteiger partial charge < -0.3 is 0 Å². The molecule has 184 valence electrons. The highest BCUT2D eigenvalue weighted by atomic mass is 16.2. The number of ketones is 1. The van der Waals surface area contributed by atoms with Gasteiger partial charge in [0.2, 0.25) is 0 Å². The monoisotopic (exact) mass is 471 g/mol. The normalized spacial score (nSPS) is 32.0. The van der Waals surface area contributed by atoms with E-state index in [1.807, 2.05) is 27.1 Å². The van der Waals surface area contributed by atoms with Crippen LogP contribution in [0.2, 0.25) is 0 Å². The fourth-order valence-electron chi connectivity index (χ4n) is 7.91. The summed E-state index contributed by atoms with van der Waals surface area (Å²) < 4.78 is 0.319. The van der Waals surface area contributed by atoms with Crippen molar-refractivity contribution in [1.82, 2.24) is 10.0 Å². The average Bonchev–Trinajstić information content (AvgIpc) is 3.13. The Morgan fingerprint density at radius 3 is 2.51 bits per heavy atom. The molecule has 0 aliphatic heterocycles. The first-order valence-electron chi connectivity index (χ1n) is 13.3. The number of hydrogen-bond acceptors (Lipinski definition) is 2. The minimum absolute atomic E-state index is 0.0437. The van der Waals surface area contributed by atoms with Crippen molar-refractivity contribution >= 4 is 17.4 Å². The largest absolute Gasteiger partial charge is 0.295 e. The van der Waals surface area contributed by atoms with Crippen molar-refractivity contribution in [2.24, 2.45) is 23.2 Å². The number of amides is 1. The number of benzene rings is 1. The maximum Gasteiger partial charge on any atom is 0.262 e. The van der Waals surface area contributed by atoms with E-state index in [4.69, 9.17) is 0 Å². The van der Waals surface area contributed by atoms with E-state index < -0.39 is 0 Å². The lowest BCUT2D eigenvalue weighted by Gasteiger charge is -2.52. The van der Waals surface area contributed by atoms with Gasteiger partial charge in [-0.3, -0.25) is 9.59 Å². The second-order valence-corrected chi connectivity index (χ2v) is 11.8. The van der Waals surface area contributed by atoms with Crippen LogP contribution in [-0.4, -0.2) is 25.8 Å². The first-order chi connectivity index (χ1) is 16.6. The molecule has 4 heteroatoms. The quantitative estimate of drug-likeness (QED) is 0.342. The smallest absolute Gasteiger partial charge is 0.262 e. The van der Waals surface area contributed by atoms with Gasteiger partial charge in [-0.1, -0.05) is 30.6 Å². The first-order valence-corrected chi connectivity index (χ1v) is 13.3. The van der Waals surface area contributed by atoms with Crippen molar-refractivity contribution in [2.45, 2.75) is 71.6 Å². The van der Waals surface area contributed by atoms with Crippen molar-refractivity contribution in [2.75, 3.05) is 14.1 Å². The molecular weight excluding hydrogens is 432 g/mol. The van der Waals surface area contributed by atoms with E-state index in [1.54, 1.807) is 12.5 Å². The molecule has 5 atom stereocenters. The molecule has 0 spiro atoms. The zero-order valence-electron chi connectivity index (χ0n) is 21.9. The maximum atomic E-state index is 12.2. The SMILES string of the molecule is CC#C[C@H]1CC[C@H]2[C@@H]3CCC4=CC(=O)CCC4=C3[C@@H](c3ccc([N+](C)(C)NC(C)=O)cc3)C[C@]12C. The second-order valence-electron chi connectivity index (χ2n) is 11.8. The lowest BCUT2D eigenvalue weighted by molar-refractivity contribution is -0.122. The molecule has 5 rings (SSSR count). The number of allylic oxidation sites excluding steroid dienone is 4. The number of rotatable bonds is 3. The Balaban J connectivity index is 1.60. The fraction of sp³-hybridized carbons (Fsp3) is 0.548. The Hall–Kier alpha value is -2.64. The van der Waals surface area contributed by atoms with Crippen LogP contribution in [0.1, 0.15) is 77.2 Å². The number of nitrogens with zero attached hydrogens (tertiary/aromatic N) is 1. The molecule has 1 N–H and O–H groups in total. The van der Waals surface area contributed by atoms with E-state index in [2.05, 4.69) is 48.5 Å². The van der Waals surface area contributed by atoms with Gasteiger partial charge in [-0.05, 0) is 85.5 Å². The average molecular weight is 472 g/mol. The first kappa shape index (κ1) is 24.1. The van der Waals surface area contributed by atoms with Crippen molar-refractivity contribution < 1.29 is 9.59 Å². The summed E-state index contributed by atoms with van der Waals surface area (Å²) in [4.78, 5) is 24.0. The van der Waals surface area contributed by atoms with Gasteiger partial charge in [0, 0.05) is 37.3 Å². The Bertz CT molecular complexity index is 1180. The molecule has 4 aliphatic carbocycles. The molecule has 35 heavy (non-hydrogen) atoms. The van der Waals surface area contributed by atoms with Crippen LogP contribution < -0.4 is 10.0 Å². The highest BCUT2D eigenvalue weighted by Gasteiger charge is 2.56. The predicted molar refractivity (Wildman–Crippen MR) is 141 cm³/mol. The van der Waals surface area contributed by atoms with Gasteiger partial charge in [0.15, 0.2) is 11.5 Å². The van der Waals surface area contributed by atoms with Crippen LogP contribution >= 0.6 is 0 Å². The molecule has 1 amide bonds. The van der Waals surface area contributed by atoms with Gasteiger partial charge in [0.05, 0.1) is 14.1 Å². The van der Waals surface area contributed by atoms with Crippen LogP contribution in [-0.2, 0) is 9.59 Å². The van der Waals surface area contributed by atoms with Crippen molar-refractivity contribution in [3.63, 3.8) is 0 Å². The summed E-state index contributed by atoms with van der Waals surface area (Å²) in [5.41, 5.74) is 10.1. The highest BCUT2D eigenvalue weighted by Crippen LogP contribution is 2.65. The van der Waals surface area contributed by atoms with Gasteiger partial charge in [0.1, 0.15) is 0 Å². The molecule has 2 fully saturated rings. The van der Waals surface area contributed by atoms with Crippen LogP contribution in [0.15, 0.2) is 47.1 Å². The van der Waals surface area contributed by atoms with Crippen LogP contribution in [0.4, 0.5) is 5.69 Å². The molecule has 2 saturated carbocycles. The van der Waals surface area contributed by atoms with E-state index >= 15 is 0 Å². The third-order valence-electron chi connectivity index (χ3n) is 9.43. The fourth-order valence-corrected chi connectivity index (χ4v) is 7.91. The number of quaternary nitrogens is 1. The van der Waals surface area contributed by atoms with E-state index in [9.17, 15) is 9.59 Å². The van der Waals surface area contributed by atoms with Crippen molar-refractivity contribution in [3.05, 3.63) is 52.6 Å². The molecule has 1 aromatic rings. The minimum Gasteiger partial charge on any atom is -0.295 e. The number of nitrogens with one attached hydrogen (secondary N) is 1. The molecule has 4 nitrogen and oxygen atoms in total.